The van der Waals surface area contributed by atoms with Crippen molar-refractivity contribution < 1.29 is 14.3 Å². The molecular weight excluding hydrogens is 462 g/mol. The van der Waals surface area contributed by atoms with Crippen LogP contribution in [0.2, 0.25) is 0 Å². The monoisotopic (exact) mass is 495 g/mol. The van der Waals surface area contributed by atoms with Crippen LogP contribution in [-0.2, 0) is 4.74 Å². The average molecular weight is 496 g/mol. The maximum absolute atomic E-state index is 12.9. The molecule has 0 atom stereocenters. The summed E-state index contributed by atoms with van der Waals surface area (Å²) >= 11 is 0. The topological polar surface area (TPSA) is 73.2 Å². The number of carbonyl (C=O) groups is 2. The highest BCUT2D eigenvalue weighted by Crippen LogP contribution is 2.27. The molecule has 6 heteroatoms. The number of hydrogen-bond donors (Lipinski definition) is 1. The van der Waals surface area contributed by atoms with E-state index in [0.29, 0.717) is 18.7 Å². The number of nitrogens with zero attached hydrogens (tertiary/aromatic N) is 2. The number of carbonyl (C=O) groups excluding carboxylic acids is 2. The Kier molecular flexibility index (Phi) is 8.52. The number of amides is 1. The molecule has 0 radical (unpaired) electrons. The lowest BCUT2D eigenvalue weighted by Crippen LogP contribution is -2.25. The van der Waals surface area contributed by atoms with Crippen molar-refractivity contribution in [3.63, 3.8) is 0 Å². The van der Waals surface area contributed by atoms with Gasteiger partial charge in [-0.25, -0.2) is 9.48 Å². The van der Waals surface area contributed by atoms with Crippen LogP contribution < -0.4 is 5.32 Å². The van der Waals surface area contributed by atoms with Crippen LogP contribution in [0, 0.1) is 0 Å². The van der Waals surface area contributed by atoms with Crippen LogP contribution in [0.4, 0.5) is 0 Å². The molecule has 37 heavy (non-hydrogen) atoms. The first-order valence-electron chi connectivity index (χ1n) is 12.7. The van der Waals surface area contributed by atoms with Gasteiger partial charge >= 0.3 is 5.97 Å². The van der Waals surface area contributed by atoms with Gasteiger partial charge in [-0.1, -0.05) is 74.5 Å². The molecule has 1 aromatic heterocycles. The first kappa shape index (κ1) is 25.9. The molecule has 0 bridgehead atoms. The van der Waals surface area contributed by atoms with Crippen LogP contribution in [0.15, 0.2) is 91.0 Å². The smallest absolute Gasteiger partial charge is 0.358 e. The lowest BCUT2D eigenvalue weighted by Gasteiger charge is -2.18. The second-order valence-electron chi connectivity index (χ2n) is 9.21. The van der Waals surface area contributed by atoms with Gasteiger partial charge in [0.25, 0.3) is 5.91 Å². The summed E-state index contributed by atoms with van der Waals surface area (Å²) in [7, 11) is 0. The Hall–Kier alpha value is -4.19. The van der Waals surface area contributed by atoms with Crippen LogP contribution in [0.3, 0.4) is 0 Å². The highest BCUT2D eigenvalue weighted by Gasteiger charge is 2.19. The molecule has 0 aliphatic carbocycles. The van der Waals surface area contributed by atoms with E-state index < -0.39 is 5.97 Å². The third-order valence-corrected chi connectivity index (χ3v) is 6.31. The Morgan fingerprint density at radius 3 is 2.03 bits per heavy atom. The van der Waals surface area contributed by atoms with Gasteiger partial charge in [-0.2, -0.15) is 5.10 Å². The minimum atomic E-state index is -0.441. The standard InChI is InChI=1S/C31H33N3O3/c1-4-37-31(36)28-21-29(22(2)3)34(33-28)26-17-15-25(16-18-26)30(35)32-20-19-27(23-11-7-5-8-12-23)24-13-9-6-10-14-24/h5-18,21-22,27H,4,19-20H2,1-3H3,(H,32,35). The fraction of sp³-hybridized carbons (Fsp3) is 0.258. The predicted octanol–water partition coefficient (Wildman–Crippen LogP) is 6.12. The van der Waals surface area contributed by atoms with Crippen molar-refractivity contribution >= 4 is 11.9 Å². The van der Waals surface area contributed by atoms with Gasteiger partial charge in [0.05, 0.1) is 12.3 Å². The molecule has 190 valence electrons. The summed E-state index contributed by atoms with van der Waals surface area (Å²) in [5.74, 6) is -0.208. The number of ether oxygens (including phenoxy) is 1. The van der Waals surface area contributed by atoms with Crippen molar-refractivity contribution in [1.82, 2.24) is 15.1 Å². The maximum Gasteiger partial charge on any atom is 0.358 e. The maximum atomic E-state index is 12.9. The summed E-state index contributed by atoms with van der Waals surface area (Å²) in [5, 5.41) is 7.53. The minimum Gasteiger partial charge on any atom is -0.461 e. The van der Waals surface area contributed by atoms with Gasteiger partial charge in [0.1, 0.15) is 0 Å². The number of hydrogen-bond acceptors (Lipinski definition) is 4. The second-order valence-corrected chi connectivity index (χ2v) is 9.21. The average Bonchev–Trinajstić information content (AvgIpc) is 3.38. The van der Waals surface area contributed by atoms with Gasteiger partial charge in [0.15, 0.2) is 5.69 Å². The summed E-state index contributed by atoms with van der Waals surface area (Å²) in [6, 6.07) is 29.8. The number of rotatable bonds is 10. The summed E-state index contributed by atoms with van der Waals surface area (Å²) in [5.41, 5.74) is 4.99. The van der Waals surface area contributed by atoms with Crippen molar-refractivity contribution in [2.45, 2.75) is 39.0 Å². The Morgan fingerprint density at radius 1 is 0.892 bits per heavy atom. The fourth-order valence-corrected chi connectivity index (χ4v) is 4.40. The zero-order valence-electron chi connectivity index (χ0n) is 21.6. The normalized spacial score (nSPS) is 11.1. The quantitative estimate of drug-likeness (QED) is 0.269. The van der Waals surface area contributed by atoms with E-state index in [1.54, 1.807) is 29.8 Å². The van der Waals surface area contributed by atoms with Crippen molar-refractivity contribution in [3.8, 4) is 5.69 Å². The van der Waals surface area contributed by atoms with E-state index in [1.807, 2.05) is 62.4 Å². The van der Waals surface area contributed by atoms with E-state index in [9.17, 15) is 9.59 Å². The molecule has 0 saturated carbocycles. The van der Waals surface area contributed by atoms with Crippen molar-refractivity contribution in [3.05, 3.63) is 119 Å². The number of aromatic nitrogens is 2. The molecule has 0 spiro atoms. The molecule has 0 fully saturated rings. The van der Waals surface area contributed by atoms with Gasteiger partial charge < -0.3 is 10.1 Å². The SMILES string of the molecule is CCOC(=O)c1cc(C(C)C)n(-c2ccc(C(=O)NCCC(c3ccccc3)c3ccccc3)cc2)n1. The highest BCUT2D eigenvalue weighted by molar-refractivity contribution is 5.94. The molecule has 3 aromatic carbocycles. The molecular formula is C31H33N3O3. The van der Waals surface area contributed by atoms with Crippen LogP contribution >= 0.6 is 0 Å². The zero-order valence-corrected chi connectivity index (χ0v) is 21.6. The van der Waals surface area contributed by atoms with Crippen LogP contribution in [0.5, 0.6) is 0 Å². The fourth-order valence-electron chi connectivity index (χ4n) is 4.40. The molecule has 4 rings (SSSR count). The van der Waals surface area contributed by atoms with Crippen LogP contribution in [-0.4, -0.2) is 34.8 Å². The lowest BCUT2D eigenvalue weighted by molar-refractivity contribution is 0.0518. The van der Waals surface area contributed by atoms with E-state index in [1.165, 1.54) is 11.1 Å². The van der Waals surface area contributed by atoms with Gasteiger partial charge in [0.2, 0.25) is 0 Å². The Morgan fingerprint density at radius 2 is 1.49 bits per heavy atom. The largest absolute Gasteiger partial charge is 0.461 e. The van der Waals surface area contributed by atoms with Gasteiger partial charge in [-0.3, -0.25) is 4.79 Å². The first-order valence-corrected chi connectivity index (χ1v) is 12.7. The van der Waals surface area contributed by atoms with Crippen LogP contribution in [0.1, 0.15) is 76.7 Å². The van der Waals surface area contributed by atoms with E-state index in [2.05, 4.69) is 34.7 Å². The second kappa shape index (κ2) is 12.2. The third-order valence-electron chi connectivity index (χ3n) is 6.31. The van der Waals surface area contributed by atoms with Gasteiger partial charge in [-0.15, -0.1) is 0 Å². The molecule has 1 N–H and O–H groups in total. The molecule has 1 amide bonds. The molecule has 1 heterocycles. The Labute approximate surface area is 218 Å². The van der Waals surface area contributed by atoms with Gasteiger partial charge in [-0.05, 0) is 60.7 Å². The lowest BCUT2D eigenvalue weighted by atomic mass is 9.88. The van der Waals surface area contributed by atoms with Crippen molar-refractivity contribution in [2.24, 2.45) is 0 Å². The summed E-state index contributed by atoms with van der Waals surface area (Å²) in [6.07, 6.45) is 0.791. The van der Waals surface area contributed by atoms with Crippen LogP contribution in [0.25, 0.3) is 5.69 Å². The van der Waals surface area contributed by atoms with E-state index in [0.717, 1.165) is 17.8 Å². The summed E-state index contributed by atoms with van der Waals surface area (Å²) in [6.45, 7) is 6.70. The molecule has 0 unspecified atom stereocenters. The predicted molar refractivity (Wildman–Crippen MR) is 145 cm³/mol. The third kappa shape index (κ3) is 6.33. The Balaban J connectivity index is 1.44. The van der Waals surface area contributed by atoms with E-state index >= 15 is 0 Å². The highest BCUT2D eigenvalue weighted by atomic mass is 16.5. The summed E-state index contributed by atoms with van der Waals surface area (Å²) < 4.78 is 6.84. The first-order chi connectivity index (χ1) is 18.0. The molecule has 0 aliphatic rings. The molecule has 0 saturated heterocycles. The summed E-state index contributed by atoms with van der Waals surface area (Å²) in [4.78, 5) is 25.1. The Bertz CT molecular complexity index is 1270. The number of benzene rings is 3. The number of nitrogens with one attached hydrogen (secondary N) is 1. The van der Waals surface area contributed by atoms with Gasteiger partial charge in [0, 0.05) is 23.7 Å². The van der Waals surface area contributed by atoms with E-state index in [4.69, 9.17) is 4.74 Å². The van der Waals surface area contributed by atoms with Crippen molar-refractivity contribution in [1.29, 1.82) is 0 Å². The zero-order chi connectivity index (χ0) is 26.2. The van der Waals surface area contributed by atoms with E-state index in [-0.39, 0.29) is 23.4 Å². The molecule has 6 nitrogen and oxygen atoms in total. The molecule has 0 aliphatic heterocycles. The number of esters is 1. The molecule has 4 aromatic rings. The van der Waals surface area contributed by atoms with Crippen molar-refractivity contribution in [2.75, 3.05) is 13.2 Å². The minimum absolute atomic E-state index is 0.122.